The van der Waals surface area contributed by atoms with Crippen LogP contribution in [0.4, 0.5) is 0 Å². The summed E-state index contributed by atoms with van der Waals surface area (Å²) in [4.78, 5) is 14.2. The molecule has 2 heteroatoms. The van der Waals surface area contributed by atoms with Crippen LogP contribution in [0.1, 0.15) is 48.5 Å². The molecule has 0 aliphatic carbocycles. The van der Waals surface area contributed by atoms with Crippen LogP contribution >= 0.6 is 0 Å². The highest BCUT2D eigenvalue weighted by Gasteiger charge is 2.21. The van der Waals surface area contributed by atoms with E-state index in [-0.39, 0.29) is 5.78 Å². The van der Waals surface area contributed by atoms with Gasteiger partial charge in [-0.2, -0.15) is 0 Å². The third kappa shape index (κ3) is 3.16. The molecule has 2 nitrogen and oxygen atoms in total. The second kappa shape index (κ2) is 5.97. The van der Waals surface area contributed by atoms with Gasteiger partial charge >= 0.3 is 0 Å². The molecule has 92 valence electrons. The highest BCUT2D eigenvalue weighted by Crippen LogP contribution is 2.18. The van der Waals surface area contributed by atoms with Gasteiger partial charge in [-0.15, -0.1) is 0 Å². The topological polar surface area (TPSA) is 20.3 Å². The van der Waals surface area contributed by atoms with Crippen LogP contribution in [-0.2, 0) is 6.54 Å². The maximum Gasteiger partial charge on any atom is 0.177 e. The summed E-state index contributed by atoms with van der Waals surface area (Å²) >= 11 is 0. The minimum absolute atomic E-state index is 0.280. The number of benzene rings is 1. The highest BCUT2D eigenvalue weighted by atomic mass is 16.1. The number of hydrogen-bond donors (Lipinski definition) is 0. The second-order valence-corrected chi connectivity index (χ2v) is 4.85. The Morgan fingerprint density at radius 2 is 1.94 bits per heavy atom. The molecule has 0 saturated carbocycles. The predicted octanol–water partition coefficient (Wildman–Crippen LogP) is 3.27. The van der Waals surface area contributed by atoms with Crippen LogP contribution in [0, 0.1) is 0 Å². The van der Waals surface area contributed by atoms with E-state index in [1.807, 2.05) is 18.2 Å². The van der Waals surface area contributed by atoms with Crippen molar-refractivity contribution in [3.63, 3.8) is 0 Å². The van der Waals surface area contributed by atoms with Crippen molar-refractivity contribution in [2.24, 2.45) is 0 Å². The zero-order valence-electron chi connectivity index (χ0n) is 10.6. The first-order valence-corrected chi connectivity index (χ1v) is 6.64. The van der Waals surface area contributed by atoms with E-state index in [1.54, 1.807) is 0 Å². The molecule has 1 aliphatic heterocycles. The van der Waals surface area contributed by atoms with E-state index < -0.39 is 0 Å². The highest BCUT2D eigenvalue weighted by molar-refractivity contribution is 5.99. The Balaban J connectivity index is 1.91. The molecule has 0 bridgehead atoms. The fourth-order valence-electron chi connectivity index (χ4n) is 2.44. The number of nitrogens with zero attached hydrogens (tertiary/aromatic N) is 1. The summed E-state index contributed by atoms with van der Waals surface area (Å²) in [5.41, 5.74) is 2.12. The first-order valence-electron chi connectivity index (χ1n) is 6.64. The number of Topliss-reactive ketones (excluding diaryl/α,β-unsaturated/α-hetero) is 1. The minimum atomic E-state index is 0.280. The molecular formula is C15H21NO. The lowest BCUT2D eigenvalue weighted by Crippen LogP contribution is -2.35. The molecule has 17 heavy (non-hydrogen) atoms. The zero-order valence-corrected chi connectivity index (χ0v) is 10.6. The van der Waals surface area contributed by atoms with E-state index in [0.717, 1.165) is 18.7 Å². The van der Waals surface area contributed by atoms with Crippen LogP contribution in [0.2, 0.25) is 0 Å². The molecule has 0 unspecified atom stereocenters. The summed E-state index contributed by atoms with van der Waals surface area (Å²) in [5.74, 6) is 0.280. The van der Waals surface area contributed by atoms with Crippen LogP contribution in [0.3, 0.4) is 0 Å². The first kappa shape index (κ1) is 12.3. The van der Waals surface area contributed by atoms with Crippen molar-refractivity contribution in [1.82, 2.24) is 4.90 Å². The quantitative estimate of drug-likeness (QED) is 0.725. The van der Waals surface area contributed by atoms with Gasteiger partial charge in [-0.3, -0.25) is 9.69 Å². The molecule has 1 aromatic rings. The van der Waals surface area contributed by atoms with Crippen LogP contribution in [0.5, 0.6) is 0 Å². The second-order valence-electron chi connectivity index (χ2n) is 4.85. The Labute approximate surface area is 104 Å². The summed E-state index contributed by atoms with van der Waals surface area (Å²) in [5, 5.41) is 0. The zero-order chi connectivity index (χ0) is 12.1. The van der Waals surface area contributed by atoms with E-state index in [2.05, 4.69) is 17.9 Å². The summed E-state index contributed by atoms with van der Waals surface area (Å²) in [6.45, 7) is 4.82. The van der Waals surface area contributed by atoms with Crippen LogP contribution in [-0.4, -0.2) is 23.8 Å². The molecule has 0 saturated heterocycles. The van der Waals surface area contributed by atoms with E-state index in [4.69, 9.17) is 0 Å². The minimum Gasteiger partial charge on any atom is -0.293 e. The SMILES string of the molecule is CCCCCCN1CC(=O)c2ccccc2C1. The maximum atomic E-state index is 11.9. The summed E-state index contributed by atoms with van der Waals surface area (Å²) < 4.78 is 0. The van der Waals surface area contributed by atoms with Gasteiger partial charge in [0, 0.05) is 12.1 Å². The van der Waals surface area contributed by atoms with Gasteiger partial charge in [-0.1, -0.05) is 50.5 Å². The molecule has 1 heterocycles. The molecule has 0 N–H and O–H groups in total. The molecule has 0 radical (unpaired) electrons. The van der Waals surface area contributed by atoms with E-state index in [0.29, 0.717) is 6.54 Å². The van der Waals surface area contributed by atoms with Crippen molar-refractivity contribution in [2.75, 3.05) is 13.1 Å². The number of rotatable bonds is 5. The summed E-state index contributed by atoms with van der Waals surface area (Å²) in [7, 11) is 0. The van der Waals surface area contributed by atoms with Crippen molar-refractivity contribution in [2.45, 2.75) is 39.2 Å². The fourth-order valence-corrected chi connectivity index (χ4v) is 2.44. The van der Waals surface area contributed by atoms with Gasteiger partial charge in [-0.05, 0) is 18.5 Å². The average molecular weight is 231 g/mol. The molecule has 1 aliphatic rings. The number of carbonyl (C=O) groups is 1. The number of ketones is 1. The van der Waals surface area contributed by atoms with Crippen molar-refractivity contribution in [3.8, 4) is 0 Å². The monoisotopic (exact) mass is 231 g/mol. The van der Waals surface area contributed by atoms with Gasteiger partial charge in [0.05, 0.1) is 6.54 Å². The lowest BCUT2D eigenvalue weighted by Gasteiger charge is -2.27. The predicted molar refractivity (Wildman–Crippen MR) is 70.2 cm³/mol. The van der Waals surface area contributed by atoms with Crippen LogP contribution in [0.15, 0.2) is 24.3 Å². The van der Waals surface area contributed by atoms with Gasteiger partial charge in [-0.25, -0.2) is 0 Å². The molecule has 2 rings (SSSR count). The van der Waals surface area contributed by atoms with E-state index >= 15 is 0 Å². The Kier molecular flexibility index (Phi) is 4.32. The van der Waals surface area contributed by atoms with E-state index in [9.17, 15) is 4.79 Å². The smallest absolute Gasteiger partial charge is 0.177 e. The number of carbonyl (C=O) groups excluding carboxylic acids is 1. The van der Waals surface area contributed by atoms with Crippen molar-refractivity contribution >= 4 is 5.78 Å². The molecule has 0 amide bonds. The molecular weight excluding hydrogens is 210 g/mol. The first-order chi connectivity index (χ1) is 8.31. The van der Waals surface area contributed by atoms with E-state index in [1.165, 1.54) is 31.2 Å². The van der Waals surface area contributed by atoms with Gasteiger partial charge < -0.3 is 0 Å². The molecule has 0 atom stereocenters. The lowest BCUT2D eigenvalue weighted by molar-refractivity contribution is 0.0899. The third-order valence-electron chi connectivity index (χ3n) is 3.41. The molecule has 0 spiro atoms. The lowest BCUT2D eigenvalue weighted by atomic mass is 9.98. The average Bonchev–Trinajstić information content (AvgIpc) is 2.35. The summed E-state index contributed by atoms with van der Waals surface area (Å²) in [6.07, 6.45) is 5.06. The standard InChI is InChI=1S/C15H21NO/c1-2-3-4-7-10-16-11-13-8-5-6-9-14(13)15(17)12-16/h5-6,8-9H,2-4,7,10-12H2,1H3. The van der Waals surface area contributed by atoms with Gasteiger partial charge in [0.1, 0.15) is 0 Å². The van der Waals surface area contributed by atoms with Gasteiger partial charge in [0.2, 0.25) is 0 Å². The normalized spacial score (nSPS) is 15.9. The fraction of sp³-hybridized carbons (Fsp3) is 0.533. The Morgan fingerprint density at radius 3 is 2.76 bits per heavy atom. The van der Waals surface area contributed by atoms with Crippen molar-refractivity contribution < 1.29 is 4.79 Å². The van der Waals surface area contributed by atoms with Gasteiger partial charge in [0.25, 0.3) is 0 Å². The Hall–Kier alpha value is -1.15. The molecule has 1 aromatic carbocycles. The summed E-state index contributed by atoms with van der Waals surface area (Å²) in [6, 6.07) is 8.00. The van der Waals surface area contributed by atoms with Crippen molar-refractivity contribution in [1.29, 1.82) is 0 Å². The number of unbranched alkanes of at least 4 members (excludes halogenated alkanes) is 3. The number of fused-ring (bicyclic) bond motifs is 1. The largest absolute Gasteiger partial charge is 0.293 e. The van der Waals surface area contributed by atoms with Crippen LogP contribution in [0.25, 0.3) is 0 Å². The van der Waals surface area contributed by atoms with Crippen molar-refractivity contribution in [3.05, 3.63) is 35.4 Å². The maximum absolute atomic E-state index is 11.9. The number of hydrogen-bond acceptors (Lipinski definition) is 2. The Bertz CT molecular complexity index is 386. The molecule has 0 aromatic heterocycles. The molecule has 0 fully saturated rings. The Morgan fingerprint density at radius 1 is 1.12 bits per heavy atom. The third-order valence-corrected chi connectivity index (χ3v) is 3.41. The van der Waals surface area contributed by atoms with Gasteiger partial charge in [0.15, 0.2) is 5.78 Å². The van der Waals surface area contributed by atoms with Crippen LogP contribution < -0.4 is 0 Å².